The number of hydrogen-bond donors (Lipinski definition) is 3. The zero-order valence-corrected chi connectivity index (χ0v) is 60.2. The van der Waals surface area contributed by atoms with Gasteiger partial charge in [-0.05, 0) is 120 Å². The number of aliphatic hydroxyl groups excluding tert-OH is 2. The highest BCUT2D eigenvalue weighted by molar-refractivity contribution is 6.39. The Morgan fingerprint density at radius 3 is 1.80 bits per heavy atom. The summed E-state index contributed by atoms with van der Waals surface area (Å²) in [6, 6.07) is -1.20. The Labute approximate surface area is 577 Å². The van der Waals surface area contributed by atoms with E-state index in [9.17, 15) is 44.1 Å². The van der Waals surface area contributed by atoms with Crippen LogP contribution in [0.15, 0.2) is 47.6 Å². The van der Waals surface area contributed by atoms with Gasteiger partial charge in [-0.2, -0.15) is 0 Å². The first kappa shape index (κ1) is 85.2. The van der Waals surface area contributed by atoms with Gasteiger partial charge in [0.2, 0.25) is 5.79 Å². The molecule has 24 nitrogen and oxygen atoms in total. The molecule has 4 aliphatic rings. The maximum atomic E-state index is 15.0. The molecule has 1 amide bonds. The Bertz CT molecular complexity index is 2420. The van der Waals surface area contributed by atoms with E-state index in [0.29, 0.717) is 169 Å². The lowest BCUT2D eigenvalue weighted by Gasteiger charge is -2.43. The lowest BCUT2D eigenvalue weighted by molar-refractivity contribution is -0.265. The summed E-state index contributed by atoms with van der Waals surface area (Å²) in [6.07, 6.45) is 10.5. The molecule has 0 spiro atoms. The van der Waals surface area contributed by atoms with E-state index in [1.807, 2.05) is 65.0 Å². The average Bonchev–Trinajstić information content (AvgIpc) is 0.777. The molecule has 556 valence electrons. The number of allylic oxidation sites excluding steroid dienone is 5. The summed E-state index contributed by atoms with van der Waals surface area (Å²) in [5.74, 6) is -8.40. The van der Waals surface area contributed by atoms with Gasteiger partial charge < -0.3 is 86.5 Å². The molecule has 3 heterocycles. The van der Waals surface area contributed by atoms with Crippen molar-refractivity contribution < 1.29 is 110 Å². The molecule has 4 rings (SSSR count). The van der Waals surface area contributed by atoms with Crippen molar-refractivity contribution in [3.05, 3.63) is 47.6 Å². The van der Waals surface area contributed by atoms with Gasteiger partial charge in [0, 0.05) is 77.9 Å². The van der Waals surface area contributed by atoms with Crippen LogP contribution < -0.4 is 0 Å². The fourth-order valence-corrected chi connectivity index (χ4v) is 12.8. The fraction of sp³-hybridized carbons (Fsp3) is 0.808. The third-order valence-corrected chi connectivity index (χ3v) is 18.8. The summed E-state index contributed by atoms with van der Waals surface area (Å²) in [5, 5.41) is 34.9. The van der Waals surface area contributed by atoms with E-state index >= 15 is 0 Å². The van der Waals surface area contributed by atoms with Crippen LogP contribution in [0.3, 0.4) is 0 Å². The van der Waals surface area contributed by atoms with Gasteiger partial charge in [-0.1, -0.05) is 71.1 Å². The number of methoxy groups -OCH3 is 3. The maximum absolute atomic E-state index is 15.0. The largest absolute Gasteiger partial charge is 0.462 e. The quantitative estimate of drug-likeness (QED) is 0.0241. The minimum atomic E-state index is -2.48. The number of piperidine rings is 1. The average molecular weight is 1380 g/mol. The third kappa shape index (κ3) is 31.3. The molecule has 3 aliphatic heterocycles. The van der Waals surface area contributed by atoms with Gasteiger partial charge in [0.05, 0.1) is 124 Å². The predicted molar refractivity (Wildman–Crippen MR) is 361 cm³/mol. The molecule has 0 aromatic heterocycles. The lowest BCUT2D eigenvalue weighted by Crippen LogP contribution is -2.61. The minimum absolute atomic E-state index is 0.0190. The van der Waals surface area contributed by atoms with Crippen LogP contribution in [-0.2, 0) is 95.1 Å². The van der Waals surface area contributed by atoms with Gasteiger partial charge in [-0.25, -0.2) is 4.79 Å². The smallest absolute Gasteiger partial charge is 0.329 e. The van der Waals surface area contributed by atoms with Crippen molar-refractivity contribution in [2.75, 3.05) is 134 Å². The van der Waals surface area contributed by atoms with Crippen molar-refractivity contribution in [1.82, 2.24) is 4.90 Å². The Morgan fingerprint density at radius 2 is 1.24 bits per heavy atom. The second kappa shape index (κ2) is 47.8. The molecule has 2 saturated heterocycles. The van der Waals surface area contributed by atoms with Crippen molar-refractivity contribution >= 4 is 35.2 Å². The molecule has 97 heavy (non-hydrogen) atoms. The number of nitrogens with zero attached hydrogens (tertiary/aromatic N) is 1. The molecule has 3 fully saturated rings. The highest BCUT2D eigenvalue weighted by Crippen LogP contribution is 2.38. The zero-order valence-electron chi connectivity index (χ0n) is 60.2. The summed E-state index contributed by atoms with van der Waals surface area (Å²) < 4.78 is 80.9. The Hall–Kier alpha value is -4.22. The molecule has 3 N–H and O–H groups in total. The van der Waals surface area contributed by atoms with Crippen molar-refractivity contribution in [3.8, 4) is 0 Å². The summed E-state index contributed by atoms with van der Waals surface area (Å²) in [7, 11) is 4.53. The van der Waals surface area contributed by atoms with Crippen LogP contribution >= 0.6 is 0 Å². The fourth-order valence-electron chi connectivity index (χ4n) is 12.8. The first-order valence-corrected chi connectivity index (χ1v) is 35.5. The van der Waals surface area contributed by atoms with Gasteiger partial charge in [0.15, 0.2) is 5.78 Å². The molecule has 0 radical (unpaired) electrons. The monoisotopic (exact) mass is 1380 g/mol. The molecule has 0 aromatic carbocycles. The van der Waals surface area contributed by atoms with Crippen LogP contribution in [-0.4, -0.2) is 250 Å². The molecular formula is C73H121NO23. The normalized spacial score (nSPS) is 31.7. The SMILES string of the molecule is CO[C@H]1C[C@@H]2CC[C@@H](C)[C@@](O)(O2)C(=O)C(=O)N2CCCC[C@H]2C(=O)O[C@H]([C@H](C)C[C@@H]2CC[C@@H](O)[C@H](OC)C2)C[C@@H](OC(=O)CCCOCCOCCOCCOCCOCCOCCOCCOCCC(C)=O)[C@H](C)/C=C(\C)[C@@H](O)[C@@H](OC)C(=O)[C@H](C)C[C@H](C)/C=C/C=C/C=C/1C. The molecule has 0 aromatic rings. The number of aliphatic hydroxyl groups is 3. The van der Waals surface area contributed by atoms with Crippen LogP contribution in [0.4, 0.5) is 0 Å². The second-order valence-corrected chi connectivity index (χ2v) is 26.7. The van der Waals surface area contributed by atoms with Crippen LogP contribution in [0.25, 0.3) is 0 Å². The van der Waals surface area contributed by atoms with E-state index in [2.05, 4.69) is 0 Å². The Balaban J connectivity index is 1.44. The topological polar surface area (TPSA) is 296 Å². The number of Topliss-reactive ketones (excluding diaryl/α,β-unsaturated/α-hetero) is 3. The molecular weight excluding hydrogens is 1260 g/mol. The first-order valence-electron chi connectivity index (χ1n) is 35.5. The van der Waals surface area contributed by atoms with E-state index in [1.165, 1.54) is 18.9 Å². The van der Waals surface area contributed by atoms with Crippen molar-refractivity contribution in [2.24, 2.45) is 35.5 Å². The van der Waals surface area contributed by atoms with E-state index < -0.39 is 102 Å². The summed E-state index contributed by atoms with van der Waals surface area (Å²) in [4.78, 5) is 84.5. The van der Waals surface area contributed by atoms with Crippen LogP contribution in [0, 0.1) is 35.5 Å². The number of carbonyl (C=O) groups excluding carboxylic acids is 6. The van der Waals surface area contributed by atoms with Gasteiger partial charge >= 0.3 is 11.9 Å². The number of rotatable bonds is 35. The van der Waals surface area contributed by atoms with E-state index in [-0.39, 0.29) is 74.8 Å². The molecule has 2 bridgehead atoms. The number of amides is 1. The van der Waals surface area contributed by atoms with Crippen molar-refractivity contribution in [1.29, 1.82) is 0 Å². The summed E-state index contributed by atoms with van der Waals surface area (Å²) >= 11 is 0. The van der Waals surface area contributed by atoms with Crippen molar-refractivity contribution in [2.45, 2.75) is 212 Å². The van der Waals surface area contributed by atoms with Gasteiger partial charge in [-0.15, -0.1) is 0 Å². The van der Waals surface area contributed by atoms with Crippen LogP contribution in [0.5, 0.6) is 0 Å². The van der Waals surface area contributed by atoms with E-state index in [4.69, 9.17) is 66.3 Å². The minimum Gasteiger partial charge on any atom is -0.462 e. The van der Waals surface area contributed by atoms with Crippen molar-refractivity contribution in [3.63, 3.8) is 0 Å². The standard InChI is InChI=1S/C73H121NO23/c1-50-18-13-12-14-19-51(2)62(84-9)48-59-24-22-56(7)73(83,97-59)70(80)71(81)74-27-16-15-20-60(74)72(82)96-64(53(4)46-58-23-25-61(76)65(47-58)85-10)49-63(52(3)45-55(6)68(79)69(86-11)67(78)54(5)44-50)95-66(77)21-17-28-87-30-32-89-34-36-91-38-40-93-42-43-94-41-39-92-37-35-90-33-31-88-29-26-57(8)75/h12-14,18-19,45,50,52-54,56,58-65,68-69,76,79,83H,15-17,20-44,46-49H2,1-11H3/b14-12+,18-13+,51-19+,55-45+/t50-,52-,53-,54-,56-,58+,59+,60+,61-,62+,63-,64+,65-,68-,69+,73-/m1/s1. The predicted octanol–water partition coefficient (Wildman–Crippen LogP) is 7.42. The Kier molecular flexibility index (Phi) is 42.0. The van der Waals surface area contributed by atoms with E-state index in [1.54, 1.807) is 34.1 Å². The van der Waals surface area contributed by atoms with Gasteiger partial charge in [-0.3, -0.25) is 24.0 Å². The molecule has 1 saturated carbocycles. The number of esters is 2. The molecule has 16 atom stereocenters. The van der Waals surface area contributed by atoms with Gasteiger partial charge in [0.25, 0.3) is 11.7 Å². The highest BCUT2D eigenvalue weighted by Gasteiger charge is 2.53. The number of fused-ring (bicyclic) bond motifs is 3. The Morgan fingerprint density at radius 1 is 0.649 bits per heavy atom. The molecule has 0 unspecified atom stereocenters. The van der Waals surface area contributed by atoms with Crippen LogP contribution in [0.2, 0.25) is 0 Å². The first-order chi connectivity index (χ1) is 46.5. The molecule has 24 heteroatoms. The number of cyclic esters (lactones) is 1. The summed E-state index contributed by atoms with van der Waals surface area (Å²) in [5.41, 5.74) is 1.26. The van der Waals surface area contributed by atoms with Crippen LogP contribution in [0.1, 0.15) is 152 Å². The zero-order chi connectivity index (χ0) is 71.1. The third-order valence-electron chi connectivity index (χ3n) is 18.8. The number of ketones is 3. The lowest BCUT2D eigenvalue weighted by atomic mass is 9.78. The number of hydrogen-bond acceptors (Lipinski definition) is 23. The second-order valence-electron chi connectivity index (χ2n) is 26.7. The number of carbonyl (C=O) groups is 6. The molecule has 1 aliphatic carbocycles. The maximum Gasteiger partial charge on any atom is 0.329 e. The highest BCUT2D eigenvalue weighted by atomic mass is 16.6. The van der Waals surface area contributed by atoms with E-state index in [0.717, 1.165) is 5.57 Å². The van der Waals surface area contributed by atoms with Gasteiger partial charge in [0.1, 0.15) is 36.2 Å². The summed E-state index contributed by atoms with van der Waals surface area (Å²) in [6.45, 7) is 20.6. The number of ether oxygens (including phenoxy) is 14.